The van der Waals surface area contributed by atoms with Gasteiger partial charge in [0.1, 0.15) is 17.1 Å². The van der Waals surface area contributed by atoms with Crippen LogP contribution < -0.4 is 5.32 Å². The second-order valence-corrected chi connectivity index (χ2v) is 4.20. The van der Waals surface area contributed by atoms with E-state index in [0.29, 0.717) is 18.1 Å². The van der Waals surface area contributed by atoms with Crippen LogP contribution in [0.2, 0.25) is 0 Å². The molecule has 1 aromatic rings. The van der Waals surface area contributed by atoms with E-state index in [-0.39, 0.29) is 10.7 Å². The summed E-state index contributed by atoms with van der Waals surface area (Å²) in [6.45, 7) is 3.99. The molecule has 0 atom stereocenters. The molecule has 0 unspecified atom stereocenters. The summed E-state index contributed by atoms with van der Waals surface area (Å²) in [5, 5.41) is 2.61. The van der Waals surface area contributed by atoms with Crippen molar-refractivity contribution in [3.8, 4) is 0 Å². The van der Waals surface area contributed by atoms with Crippen molar-refractivity contribution >= 4 is 35.2 Å². The van der Waals surface area contributed by atoms with Crippen molar-refractivity contribution in [2.75, 3.05) is 6.54 Å². The molecule has 2 heterocycles. The highest BCUT2D eigenvalue weighted by Gasteiger charge is 2.32. The number of hydrogen-bond acceptors (Lipinski definition) is 4. The molecule has 1 aromatic heterocycles. The molecule has 18 heavy (non-hydrogen) atoms. The van der Waals surface area contributed by atoms with Crippen LogP contribution in [0.1, 0.15) is 18.4 Å². The van der Waals surface area contributed by atoms with Crippen molar-refractivity contribution in [3.63, 3.8) is 0 Å². The van der Waals surface area contributed by atoms with Crippen LogP contribution >= 0.6 is 12.2 Å². The van der Waals surface area contributed by atoms with Crippen LogP contribution in [0, 0.1) is 6.92 Å². The average Bonchev–Trinajstić information content (AvgIpc) is 2.70. The maximum atomic E-state index is 12.1. The lowest BCUT2D eigenvalue weighted by molar-refractivity contribution is -0.128. The van der Waals surface area contributed by atoms with Crippen molar-refractivity contribution in [1.29, 1.82) is 0 Å². The molecule has 6 heteroatoms. The number of hydrogen-bond donors (Lipinski definition) is 1. The fourth-order valence-corrected chi connectivity index (χ4v) is 1.96. The molecule has 1 saturated heterocycles. The van der Waals surface area contributed by atoms with Gasteiger partial charge in [0.25, 0.3) is 11.8 Å². The predicted octanol–water partition coefficient (Wildman–Crippen LogP) is 1.23. The van der Waals surface area contributed by atoms with Crippen LogP contribution in [-0.4, -0.2) is 28.4 Å². The first-order chi connectivity index (χ1) is 8.52. The number of carbonyl (C=O) groups excluding carboxylic acids is 2. The zero-order valence-electron chi connectivity index (χ0n) is 10.0. The molecule has 0 spiro atoms. The molecular formula is C12H12N2O3S. The van der Waals surface area contributed by atoms with Crippen molar-refractivity contribution in [1.82, 2.24) is 10.2 Å². The second-order valence-electron chi connectivity index (χ2n) is 3.82. The van der Waals surface area contributed by atoms with Gasteiger partial charge in [-0.3, -0.25) is 19.8 Å². The van der Waals surface area contributed by atoms with Crippen LogP contribution in [0.15, 0.2) is 22.1 Å². The second kappa shape index (κ2) is 4.73. The van der Waals surface area contributed by atoms with Crippen molar-refractivity contribution in [2.24, 2.45) is 0 Å². The quantitative estimate of drug-likeness (QED) is 0.496. The lowest BCUT2D eigenvalue weighted by Crippen LogP contribution is -2.53. The monoisotopic (exact) mass is 264 g/mol. The van der Waals surface area contributed by atoms with Crippen LogP contribution in [0.5, 0.6) is 0 Å². The first-order valence-corrected chi connectivity index (χ1v) is 5.89. The molecule has 0 aromatic carbocycles. The van der Waals surface area contributed by atoms with Crippen LogP contribution in [-0.2, 0) is 9.59 Å². The minimum atomic E-state index is -0.497. The normalized spacial score (nSPS) is 18.4. The Labute approximate surface area is 109 Å². The van der Waals surface area contributed by atoms with Gasteiger partial charge in [0.05, 0.1) is 0 Å². The van der Waals surface area contributed by atoms with Crippen LogP contribution in [0.25, 0.3) is 6.08 Å². The number of aryl methyl sites for hydroxylation is 1. The van der Waals surface area contributed by atoms with Gasteiger partial charge in [-0.15, -0.1) is 0 Å². The number of nitrogens with zero attached hydrogens (tertiary/aromatic N) is 1. The van der Waals surface area contributed by atoms with Crippen LogP contribution in [0.3, 0.4) is 0 Å². The number of likely N-dealkylation sites (N-methyl/N-ethyl adjacent to an activating group) is 1. The fourth-order valence-electron chi connectivity index (χ4n) is 1.65. The minimum absolute atomic E-state index is 0.0276. The molecule has 0 radical (unpaired) electrons. The largest absolute Gasteiger partial charge is 0.462 e. The number of nitrogens with one attached hydrogen (secondary N) is 1. The van der Waals surface area contributed by atoms with Gasteiger partial charge in [-0.05, 0) is 44.3 Å². The van der Waals surface area contributed by atoms with E-state index in [1.807, 2.05) is 0 Å². The maximum absolute atomic E-state index is 12.1. The number of furan rings is 1. The zero-order valence-corrected chi connectivity index (χ0v) is 10.8. The van der Waals surface area contributed by atoms with E-state index in [1.54, 1.807) is 26.0 Å². The molecular weight excluding hydrogens is 252 g/mol. The summed E-state index contributed by atoms with van der Waals surface area (Å²) in [6.07, 6.45) is 1.43. The van der Waals surface area contributed by atoms with Crippen molar-refractivity contribution in [3.05, 3.63) is 29.2 Å². The summed E-state index contributed by atoms with van der Waals surface area (Å²) in [7, 11) is 0. The van der Waals surface area contributed by atoms with Gasteiger partial charge in [0.15, 0.2) is 5.11 Å². The molecule has 1 fully saturated rings. The molecule has 0 saturated carbocycles. The third kappa shape index (κ3) is 2.19. The van der Waals surface area contributed by atoms with Gasteiger partial charge in [-0.1, -0.05) is 0 Å². The lowest BCUT2D eigenvalue weighted by Gasteiger charge is -2.27. The van der Waals surface area contributed by atoms with Gasteiger partial charge in [0, 0.05) is 6.54 Å². The molecule has 94 valence electrons. The standard InChI is InChI=1S/C12H12N2O3S/c1-3-14-11(16)9(10(15)13-12(14)18)6-8-5-4-7(2)17-8/h4-6H,3H2,1-2H3,(H,13,15,18). The Morgan fingerprint density at radius 1 is 1.44 bits per heavy atom. The summed E-state index contributed by atoms with van der Waals surface area (Å²) in [5.74, 6) is 0.285. The fraction of sp³-hybridized carbons (Fsp3) is 0.250. The van der Waals surface area contributed by atoms with Gasteiger partial charge >= 0.3 is 0 Å². The number of amides is 2. The first kappa shape index (κ1) is 12.5. The molecule has 2 amide bonds. The molecule has 0 bridgehead atoms. The van der Waals surface area contributed by atoms with Crippen molar-refractivity contribution < 1.29 is 14.0 Å². The first-order valence-electron chi connectivity index (χ1n) is 5.48. The highest BCUT2D eigenvalue weighted by molar-refractivity contribution is 7.80. The molecule has 5 nitrogen and oxygen atoms in total. The Morgan fingerprint density at radius 2 is 2.17 bits per heavy atom. The molecule has 1 aliphatic rings. The van der Waals surface area contributed by atoms with E-state index in [1.165, 1.54) is 11.0 Å². The van der Waals surface area contributed by atoms with Gasteiger partial charge < -0.3 is 4.42 Å². The summed E-state index contributed by atoms with van der Waals surface area (Å²) in [4.78, 5) is 25.1. The lowest BCUT2D eigenvalue weighted by atomic mass is 10.1. The Morgan fingerprint density at radius 3 is 2.72 bits per heavy atom. The van der Waals surface area contributed by atoms with Gasteiger partial charge in [-0.25, -0.2) is 0 Å². The zero-order chi connectivity index (χ0) is 13.3. The average molecular weight is 264 g/mol. The highest BCUT2D eigenvalue weighted by atomic mass is 32.1. The Bertz CT molecular complexity index is 559. The number of carbonyl (C=O) groups is 2. The van der Waals surface area contributed by atoms with E-state index in [0.717, 1.165) is 0 Å². The van der Waals surface area contributed by atoms with E-state index in [2.05, 4.69) is 5.32 Å². The summed E-state index contributed by atoms with van der Waals surface area (Å²) < 4.78 is 5.32. The third-order valence-corrected chi connectivity index (χ3v) is 2.87. The van der Waals surface area contributed by atoms with Crippen molar-refractivity contribution in [2.45, 2.75) is 13.8 Å². The van der Waals surface area contributed by atoms with E-state index >= 15 is 0 Å². The topological polar surface area (TPSA) is 62.6 Å². The van der Waals surface area contributed by atoms with Gasteiger partial charge in [0.2, 0.25) is 0 Å². The van der Waals surface area contributed by atoms with Gasteiger partial charge in [-0.2, -0.15) is 0 Å². The highest BCUT2D eigenvalue weighted by Crippen LogP contribution is 2.16. The smallest absolute Gasteiger partial charge is 0.265 e. The number of rotatable bonds is 2. The maximum Gasteiger partial charge on any atom is 0.265 e. The SMILES string of the molecule is CCN1C(=O)C(=Cc2ccc(C)o2)C(=O)NC1=S. The third-order valence-electron chi connectivity index (χ3n) is 2.55. The molecule has 1 aliphatic heterocycles. The summed E-state index contributed by atoms with van der Waals surface area (Å²) in [5.41, 5.74) is 0.0276. The minimum Gasteiger partial charge on any atom is -0.462 e. The Balaban J connectivity index is 2.37. The van der Waals surface area contributed by atoms with E-state index in [4.69, 9.17) is 16.6 Å². The van der Waals surface area contributed by atoms with Crippen LogP contribution in [0.4, 0.5) is 0 Å². The summed E-state index contributed by atoms with van der Waals surface area (Å²) >= 11 is 4.92. The Hall–Kier alpha value is -1.95. The molecule has 2 rings (SSSR count). The molecule has 1 N–H and O–H groups in total. The molecule has 0 aliphatic carbocycles. The van der Waals surface area contributed by atoms with E-state index < -0.39 is 11.8 Å². The number of thiocarbonyl (C=S) groups is 1. The van der Waals surface area contributed by atoms with E-state index in [9.17, 15) is 9.59 Å². The predicted molar refractivity (Wildman–Crippen MR) is 69.5 cm³/mol. The summed E-state index contributed by atoms with van der Waals surface area (Å²) in [6, 6.07) is 3.46. The Kier molecular flexibility index (Phi) is 3.29.